The van der Waals surface area contributed by atoms with E-state index in [0.717, 1.165) is 5.56 Å². The van der Waals surface area contributed by atoms with E-state index in [2.05, 4.69) is 0 Å². The predicted molar refractivity (Wildman–Crippen MR) is 52.5 cm³/mol. The minimum Gasteiger partial charge on any atom is -0.550 e. The first-order valence-electron chi connectivity index (χ1n) is 4.52. The molecule has 0 fully saturated rings. The summed E-state index contributed by atoms with van der Waals surface area (Å²) in [5.41, 5.74) is 1.00. The van der Waals surface area contributed by atoms with E-state index in [1.807, 2.05) is 49.3 Å². The molecule has 0 aromatic heterocycles. The molecule has 0 aliphatic rings. The largest absolute Gasteiger partial charge is 1.00 e. The van der Waals surface area contributed by atoms with E-state index in [4.69, 9.17) is 0 Å². The molecule has 1 atom stereocenters. The van der Waals surface area contributed by atoms with Gasteiger partial charge in [-0.3, -0.25) is 0 Å². The third-order valence-corrected chi connectivity index (χ3v) is 2.17. The van der Waals surface area contributed by atoms with Crippen molar-refractivity contribution in [1.82, 2.24) is 4.90 Å². The number of hydrogen-bond donors (Lipinski definition) is 0. The van der Waals surface area contributed by atoms with Crippen LogP contribution in [-0.4, -0.2) is 25.0 Å². The van der Waals surface area contributed by atoms with Crippen molar-refractivity contribution in [2.24, 2.45) is 0 Å². The number of aliphatic carboxylic acids is 1. The Morgan fingerprint density at radius 1 is 1.33 bits per heavy atom. The van der Waals surface area contributed by atoms with Gasteiger partial charge in [-0.1, -0.05) is 30.3 Å². The second-order valence-corrected chi connectivity index (χ2v) is 3.47. The first-order chi connectivity index (χ1) is 6.61. The Kier molecular flexibility index (Phi) is 6.85. The number of hydrogen-bond acceptors (Lipinski definition) is 3. The molecule has 1 aromatic rings. The minimum absolute atomic E-state index is 0. The van der Waals surface area contributed by atoms with E-state index in [-0.39, 0.29) is 42.0 Å². The molecule has 0 spiro atoms. The molecule has 1 rings (SSSR count). The van der Waals surface area contributed by atoms with Crippen molar-refractivity contribution in [2.75, 3.05) is 14.1 Å². The SMILES string of the molecule is CN(C)[C@@H](CC(=O)[O-])c1ccccc1.[Na+]. The van der Waals surface area contributed by atoms with Gasteiger partial charge in [-0.15, -0.1) is 0 Å². The van der Waals surface area contributed by atoms with Crippen molar-refractivity contribution >= 4 is 5.97 Å². The number of carbonyl (C=O) groups is 1. The fourth-order valence-electron chi connectivity index (χ4n) is 1.43. The molecular weight excluding hydrogens is 201 g/mol. The molecule has 3 nitrogen and oxygen atoms in total. The van der Waals surface area contributed by atoms with E-state index in [9.17, 15) is 9.90 Å². The fraction of sp³-hybridized carbons (Fsp3) is 0.364. The van der Waals surface area contributed by atoms with Gasteiger partial charge in [-0.2, -0.15) is 0 Å². The molecule has 76 valence electrons. The fourth-order valence-corrected chi connectivity index (χ4v) is 1.43. The van der Waals surface area contributed by atoms with Gasteiger partial charge in [0.1, 0.15) is 0 Å². The van der Waals surface area contributed by atoms with E-state index in [1.165, 1.54) is 0 Å². The Labute approximate surface area is 112 Å². The minimum atomic E-state index is -1.02. The van der Waals surface area contributed by atoms with Crippen LogP contribution in [0.1, 0.15) is 18.0 Å². The summed E-state index contributed by atoms with van der Waals surface area (Å²) in [5, 5.41) is 10.5. The molecule has 0 saturated heterocycles. The number of carbonyl (C=O) groups excluding carboxylic acids is 1. The molecule has 0 aliphatic carbocycles. The van der Waals surface area contributed by atoms with Crippen LogP contribution in [0.3, 0.4) is 0 Å². The van der Waals surface area contributed by atoms with E-state index in [1.54, 1.807) is 0 Å². The Morgan fingerprint density at radius 2 is 1.87 bits per heavy atom. The van der Waals surface area contributed by atoms with Gasteiger partial charge in [0.15, 0.2) is 0 Å². The zero-order valence-electron chi connectivity index (χ0n) is 9.43. The molecule has 15 heavy (non-hydrogen) atoms. The van der Waals surface area contributed by atoms with Crippen molar-refractivity contribution in [3.63, 3.8) is 0 Å². The summed E-state index contributed by atoms with van der Waals surface area (Å²) in [7, 11) is 3.72. The standard InChI is InChI=1S/C11H15NO2.Na/c1-12(2)10(8-11(13)14)9-6-4-3-5-7-9;/h3-7,10H,8H2,1-2H3,(H,13,14);/q;+1/p-1/t10-;/m0./s1. The number of rotatable bonds is 4. The molecule has 1 aromatic carbocycles. The summed E-state index contributed by atoms with van der Waals surface area (Å²) in [6.45, 7) is 0. The van der Waals surface area contributed by atoms with E-state index >= 15 is 0 Å². The van der Waals surface area contributed by atoms with Gasteiger partial charge < -0.3 is 14.8 Å². The maximum absolute atomic E-state index is 10.5. The average Bonchev–Trinajstić information content (AvgIpc) is 2.15. The summed E-state index contributed by atoms with van der Waals surface area (Å²) >= 11 is 0. The zero-order valence-corrected chi connectivity index (χ0v) is 11.4. The molecule has 0 radical (unpaired) electrons. The third-order valence-electron chi connectivity index (χ3n) is 2.17. The Balaban J connectivity index is 0.00000196. The molecule has 4 heteroatoms. The zero-order chi connectivity index (χ0) is 10.6. The predicted octanol–water partition coefficient (Wildman–Crippen LogP) is -2.57. The molecule has 0 saturated carbocycles. The first-order valence-corrected chi connectivity index (χ1v) is 4.52. The molecule has 0 bridgehead atoms. The van der Waals surface area contributed by atoms with Gasteiger partial charge >= 0.3 is 29.6 Å². The summed E-state index contributed by atoms with van der Waals surface area (Å²) in [4.78, 5) is 12.4. The molecule has 0 N–H and O–H groups in total. The van der Waals surface area contributed by atoms with Crippen molar-refractivity contribution < 1.29 is 39.5 Å². The molecule has 0 aliphatic heterocycles. The van der Waals surface area contributed by atoms with Crippen LogP contribution in [-0.2, 0) is 4.79 Å². The maximum Gasteiger partial charge on any atom is 1.00 e. The van der Waals surface area contributed by atoms with Crippen LogP contribution in [0.4, 0.5) is 0 Å². The van der Waals surface area contributed by atoms with E-state index < -0.39 is 5.97 Å². The van der Waals surface area contributed by atoms with Gasteiger partial charge in [0.25, 0.3) is 0 Å². The number of nitrogens with zero attached hydrogens (tertiary/aromatic N) is 1. The van der Waals surface area contributed by atoms with Gasteiger partial charge in [-0.25, -0.2) is 0 Å². The first kappa shape index (κ1) is 14.6. The molecule has 0 amide bonds. The third kappa shape index (κ3) is 4.80. The Hall–Kier alpha value is -0.350. The summed E-state index contributed by atoms with van der Waals surface area (Å²) in [6, 6.07) is 9.46. The van der Waals surface area contributed by atoms with Crippen LogP contribution in [0.15, 0.2) is 30.3 Å². The van der Waals surface area contributed by atoms with Gasteiger partial charge in [0, 0.05) is 18.4 Å². The van der Waals surface area contributed by atoms with Crippen molar-refractivity contribution in [1.29, 1.82) is 0 Å². The summed E-state index contributed by atoms with van der Waals surface area (Å²) < 4.78 is 0. The topological polar surface area (TPSA) is 43.4 Å². The number of carboxylic acids is 1. The molecule has 0 unspecified atom stereocenters. The smallest absolute Gasteiger partial charge is 0.550 e. The maximum atomic E-state index is 10.5. The number of benzene rings is 1. The van der Waals surface area contributed by atoms with Crippen molar-refractivity contribution in [3.05, 3.63) is 35.9 Å². The second-order valence-electron chi connectivity index (χ2n) is 3.47. The van der Waals surface area contributed by atoms with Crippen LogP contribution in [0.25, 0.3) is 0 Å². The van der Waals surface area contributed by atoms with Crippen LogP contribution in [0, 0.1) is 0 Å². The van der Waals surface area contributed by atoms with Crippen LogP contribution in [0.2, 0.25) is 0 Å². The molecular formula is C11H14NNaO2. The monoisotopic (exact) mass is 215 g/mol. The Bertz CT molecular complexity index is 301. The van der Waals surface area contributed by atoms with Crippen molar-refractivity contribution in [2.45, 2.75) is 12.5 Å². The van der Waals surface area contributed by atoms with Crippen molar-refractivity contribution in [3.8, 4) is 0 Å². The van der Waals surface area contributed by atoms with Gasteiger partial charge in [0.05, 0.1) is 0 Å². The summed E-state index contributed by atoms with van der Waals surface area (Å²) in [5.74, 6) is -1.02. The van der Waals surface area contributed by atoms with E-state index in [0.29, 0.717) is 0 Å². The number of carboxylic acid groups (broad SMARTS) is 1. The Morgan fingerprint density at radius 3 is 2.27 bits per heavy atom. The van der Waals surface area contributed by atoms with Crippen LogP contribution >= 0.6 is 0 Å². The molecule has 0 heterocycles. The quantitative estimate of drug-likeness (QED) is 0.519. The van der Waals surface area contributed by atoms with Gasteiger partial charge in [-0.05, 0) is 19.7 Å². The van der Waals surface area contributed by atoms with Gasteiger partial charge in [0.2, 0.25) is 0 Å². The average molecular weight is 215 g/mol. The van der Waals surface area contributed by atoms with Crippen LogP contribution in [0.5, 0.6) is 0 Å². The second kappa shape index (κ2) is 7.01. The summed E-state index contributed by atoms with van der Waals surface area (Å²) in [6.07, 6.45) is 0.0248. The van der Waals surface area contributed by atoms with Crippen LogP contribution < -0.4 is 34.7 Å². The normalized spacial score (nSPS) is 11.9.